The van der Waals surface area contributed by atoms with Gasteiger partial charge in [-0.2, -0.15) is 0 Å². The first-order chi connectivity index (χ1) is 19.5. The van der Waals surface area contributed by atoms with Crippen LogP contribution in [0.15, 0.2) is 105 Å². The molecule has 4 aromatic carbocycles. The van der Waals surface area contributed by atoms with Gasteiger partial charge in [0.2, 0.25) is 0 Å². The van der Waals surface area contributed by atoms with Crippen LogP contribution in [-0.4, -0.2) is 13.3 Å². The zero-order valence-corrected chi connectivity index (χ0v) is 25.6. The second kappa shape index (κ2) is 11.6. The zero-order chi connectivity index (χ0) is 27.6. The van der Waals surface area contributed by atoms with Crippen LogP contribution in [0.2, 0.25) is 0 Å². The summed E-state index contributed by atoms with van der Waals surface area (Å²) in [6.07, 6.45) is 7.67. The second-order valence-electron chi connectivity index (χ2n) is 10.4. The van der Waals surface area contributed by atoms with Crippen molar-refractivity contribution in [1.82, 2.24) is 0 Å². The monoisotopic (exact) mass is 656 g/mol. The molecule has 0 spiro atoms. The molecule has 0 aromatic heterocycles. The highest BCUT2D eigenvalue weighted by molar-refractivity contribution is 9.10. The fraction of sp³-hybridized carbons (Fsp3) is 0.206. The molecule has 1 aliphatic carbocycles. The first-order valence-electron chi connectivity index (χ1n) is 13.4. The van der Waals surface area contributed by atoms with E-state index in [4.69, 9.17) is 14.5 Å². The van der Waals surface area contributed by atoms with Crippen LogP contribution in [0, 0.1) is 12.8 Å². The number of nitrogens with one attached hydrogen (secondary N) is 1. The van der Waals surface area contributed by atoms with Gasteiger partial charge in [0.25, 0.3) is 0 Å². The van der Waals surface area contributed by atoms with Crippen LogP contribution in [-0.2, 0) is 6.61 Å². The number of benzene rings is 4. The van der Waals surface area contributed by atoms with Crippen molar-refractivity contribution >= 4 is 49.4 Å². The Morgan fingerprint density at radius 2 is 1.77 bits per heavy atom. The number of ether oxygens (including phenoxy) is 2. The van der Waals surface area contributed by atoms with Crippen molar-refractivity contribution < 1.29 is 9.47 Å². The average Bonchev–Trinajstić information content (AvgIpc) is 3.47. The Balaban J connectivity index is 1.16. The lowest BCUT2D eigenvalue weighted by Gasteiger charge is -2.37. The van der Waals surface area contributed by atoms with Crippen LogP contribution < -0.4 is 14.8 Å². The molecule has 202 valence electrons. The number of aryl methyl sites for hydroxylation is 1. The van der Waals surface area contributed by atoms with Gasteiger partial charge in [0.1, 0.15) is 6.61 Å². The molecule has 0 amide bonds. The minimum Gasteiger partial charge on any atom is -0.493 e. The summed E-state index contributed by atoms with van der Waals surface area (Å²) < 4.78 is 13.6. The van der Waals surface area contributed by atoms with E-state index < -0.39 is 0 Å². The smallest absolute Gasteiger partial charge is 0.175 e. The Hall–Kier alpha value is -3.35. The van der Waals surface area contributed by atoms with Gasteiger partial charge in [-0.05, 0) is 99.9 Å². The predicted molar refractivity (Wildman–Crippen MR) is 170 cm³/mol. The highest BCUT2D eigenvalue weighted by Crippen LogP contribution is 2.50. The summed E-state index contributed by atoms with van der Waals surface area (Å²) >= 11 is 7.12. The maximum atomic E-state index is 6.09. The third-order valence-electron chi connectivity index (χ3n) is 7.68. The molecule has 3 atom stereocenters. The normalized spacial score (nSPS) is 19.2. The topological polar surface area (TPSA) is 42.8 Å². The van der Waals surface area contributed by atoms with Crippen LogP contribution in [0.4, 0.5) is 11.4 Å². The Bertz CT molecular complexity index is 1580. The molecule has 0 bridgehead atoms. The van der Waals surface area contributed by atoms with Crippen molar-refractivity contribution in [1.29, 1.82) is 0 Å². The lowest BCUT2D eigenvalue weighted by atomic mass is 9.76. The maximum Gasteiger partial charge on any atom is 0.175 e. The van der Waals surface area contributed by atoms with Crippen LogP contribution in [0.5, 0.6) is 11.5 Å². The van der Waals surface area contributed by atoms with Gasteiger partial charge >= 0.3 is 0 Å². The summed E-state index contributed by atoms with van der Waals surface area (Å²) in [7, 11) is 1.65. The van der Waals surface area contributed by atoms with E-state index in [9.17, 15) is 0 Å². The molecule has 1 aliphatic heterocycles. The molecule has 6 heteroatoms. The van der Waals surface area contributed by atoms with Crippen molar-refractivity contribution in [2.24, 2.45) is 10.9 Å². The summed E-state index contributed by atoms with van der Waals surface area (Å²) in [6.45, 7) is 2.61. The van der Waals surface area contributed by atoms with Crippen LogP contribution in [0.3, 0.4) is 0 Å². The molecule has 1 heterocycles. The van der Waals surface area contributed by atoms with E-state index in [1.54, 1.807) is 7.11 Å². The van der Waals surface area contributed by atoms with E-state index >= 15 is 0 Å². The molecule has 1 N–H and O–H groups in total. The fourth-order valence-corrected chi connectivity index (χ4v) is 6.49. The number of methoxy groups -OCH3 is 1. The number of hydrogen-bond acceptors (Lipinski definition) is 4. The predicted octanol–water partition coefficient (Wildman–Crippen LogP) is 9.68. The van der Waals surface area contributed by atoms with E-state index in [0.717, 1.165) is 32.2 Å². The van der Waals surface area contributed by atoms with E-state index in [0.29, 0.717) is 29.9 Å². The Labute approximate surface area is 252 Å². The van der Waals surface area contributed by atoms with Gasteiger partial charge in [-0.3, -0.25) is 4.99 Å². The number of fused-ring (bicyclic) bond motifs is 3. The summed E-state index contributed by atoms with van der Waals surface area (Å²) in [6, 6.07) is 27.6. The molecule has 0 radical (unpaired) electrons. The van der Waals surface area contributed by atoms with Gasteiger partial charge in [-0.15, -0.1) is 0 Å². The van der Waals surface area contributed by atoms with E-state index in [-0.39, 0.29) is 6.04 Å². The molecule has 40 heavy (non-hydrogen) atoms. The second-order valence-corrected chi connectivity index (χ2v) is 12.1. The number of anilines is 1. The summed E-state index contributed by atoms with van der Waals surface area (Å²) in [5.41, 5.74) is 8.17. The quantitative estimate of drug-likeness (QED) is 0.159. The van der Waals surface area contributed by atoms with E-state index in [1.165, 1.54) is 22.4 Å². The van der Waals surface area contributed by atoms with Crippen molar-refractivity contribution in [3.05, 3.63) is 128 Å². The molecular weight excluding hydrogens is 628 g/mol. The third-order valence-corrected chi connectivity index (χ3v) is 8.80. The van der Waals surface area contributed by atoms with Gasteiger partial charge in [-0.1, -0.05) is 70.0 Å². The van der Waals surface area contributed by atoms with Gasteiger partial charge < -0.3 is 14.8 Å². The minimum absolute atomic E-state index is 0.276. The maximum absolute atomic E-state index is 6.09. The van der Waals surface area contributed by atoms with Gasteiger partial charge in [0, 0.05) is 22.3 Å². The number of nitrogens with zero attached hydrogens (tertiary/aromatic N) is 1. The average molecular weight is 658 g/mol. The van der Waals surface area contributed by atoms with Gasteiger partial charge in [-0.25, -0.2) is 0 Å². The van der Waals surface area contributed by atoms with Crippen molar-refractivity contribution in [2.75, 3.05) is 12.4 Å². The van der Waals surface area contributed by atoms with E-state index in [2.05, 4.69) is 98.7 Å². The molecule has 4 aromatic rings. The molecule has 0 saturated carbocycles. The largest absolute Gasteiger partial charge is 0.493 e. The number of halogens is 2. The number of aliphatic imine (C=N–C) groups is 1. The molecule has 4 nitrogen and oxygen atoms in total. The number of hydrogen-bond donors (Lipinski definition) is 1. The summed E-state index contributed by atoms with van der Waals surface area (Å²) in [4.78, 5) is 4.74. The van der Waals surface area contributed by atoms with Crippen molar-refractivity contribution in [2.45, 2.75) is 31.9 Å². The van der Waals surface area contributed by atoms with Crippen LogP contribution in [0.1, 0.15) is 46.2 Å². The highest BCUT2D eigenvalue weighted by Gasteiger charge is 2.37. The minimum atomic E-state index is 0.276. The number of rotatable bonds is 7. The fourth-order valence-electron chi connectivity index (χ4n) is 5.65. The first-order valence-corrected chi connectivity index (χ1v) is 15.0. The zero-order valence-electron chi connectivity index (χ0n) is 22.4. The van der Waals surface area contributed by atoms with Crippen molar-refractivity contribution in [3.8, 4) is 11.5 Å². The molecule has 0 unspecified atom stereocenters. The summed E-state index contributed by atoms with van der Waals surface area (Å²) in [5.74, 6) is 2.32. The van der Waals surface area contributed by atoms with Gasteiger partial charge in [0.05, 0.1) is 23.3 Å². The Kier molecular flexibility index (Phi) is 7.81. The molecule has 6 rings (SSSR count). The van der Waals surface area contributed by atoms with Gasteiger partial charge in [0.15, 0.2) is 11.5 Å². The third kappa shape index (κ3) is 5.61. The molecule has 0 fully saturated rings. The molecule has 2 aliphatic rings. The molecule has 0 saturated heterocycles. The van der Waals surface area contributed by atoms with Crippen molar-refractivity contribution in [3.63, 3.8) is 0 Å². The Morgan fingerprint density at radius 1 is 0.975 bits per heavy atom. The van der Waals surface area contributed by atoms with Crippen LogP contribution in [0.25, 0.3) is 0 Å². The summed E-state index contributed by atoms with van der Waals surface area (Å²) in [5, 5.41) is 3.83. The number of allylic oxidation sites excluding steroid dienone is 2. The van der Waals surface area contributed by atoms with E-state index in [1.807, 2.05) is 42.6 Å². The Morgan fingerprint density at radius 3 is 2.55 bits per heavy atom. The lowest BCUT2D eigenvalue weighted by molar-refractivity contribution is 0.282. The highest BCUT2D eigenvalue weighted by atomic mass is 79.9. The lowest BCUT2D eigenvalue weighted by Crippen LogP contribution is -2.29. The standard InChI is InChI=1S/C34H30Br2N2O2/c1-21-6-15-31-29(16-21)27-4-3-5-28(27)33(38-31)24-9-13-26(14-10-24)37-19-23-17-30(36)34(32(18-23)39-2)40-20-22-7-11-25(35)12-8-22/h3-4,6-19,27-28,33,38H,5,20H2,1-2H3/t27-,28-,33+/m1/s1. The molecular formula is C34H30Br2N2O2. The first kappa shape index (κ1) is 26.9. The van der Waals surface area contributed by atoms with Crippen LogP contribution >= 0.6 is 31.9 Å². The SMILES string of the molecule is COc1cc(C=Nc2ccc([C@@H]3Nc4ccc(C)cc4[C@@H]4C=CC[C@H]43)cc2)cc(Br)c1OCc1ccc(Br)cc1.